The third-order valence-corrected chi connectivity index (χ3v) is 20.5. The number of nitrogens with one attached hydrogen (secondary N) is 2. The zero-order valence-electron chi connectivity index (χ0n) is 42.7. The fourth-order valence-electron chi connectivity index (χ4n) is 12.4. The lowest BCUT2D eigenvalue weighted by Crippen LogP contribution is -2.60. The average molecular weight is 1150 g/mol. The minimum Gasteiger partial charge on any atom is -0.393 e. The number of ether oxygens (including phenoxy) is 1. The molecule has 426 valence electrons. The fraction of sp³-hybridized carbons (Fsp3) is 0.756. The summed E-state index contributed by atoms with van der Waals surface area (Å²) in [5.74, 6) is -0.544. The van der Waals surface area contributed by atoms with E-state index in [1.807, 2.05) is 0 Å². The molecule has 2 aromatic rings. The predicted molar refractivity (Wildman–Crippen MR) is 268 cm³/mol. The molecular weight excluding hydrogens is 1080 g/mol. The number of hydrogen-bond donors (Lipinski definition) is 11. The molecule has 12 N–H and O–H groups in total. The quantitative estimate of drug-likeness (QED) is 0.0561. The molecule has 7 rings (SSSR count). The Morgan fingerprint density at radius 3 is 2.42 bits per heavy atom. The zero-order chi connectivity index (χ0) is 55.9. The van der Waals surface area contributed by atoms with Crippen LogP contribution in [0.4, 0.5) is 5.82 Å². The Kier molecular flexibility index (Phi) is 18.7. The largest absolute Gasteiger partial charge is 0.481 e. The summed E-state index contributed by atoms with van der Waals surface area (Å²) in [6.45, 7) is 6.86. The first-order valence-corrected chi connectivity index (χ1v) is 30.5. The van der Waals surface area contributed by atoms with Crippen LogP contribution in [0.2, 0.25) is 0 Å². The molecule has 0 radical (unpaired) electrons. The highest BCUT2D eigenvalue weighted by atomic mass is 32.2. The van der Waals surface area contributed by atoms with Gasteiger partial charge in [0.1, 0.15) is 36.3 Å². The van der Waals surface area contributed by atoms with E-state index in [2.05, 4.69) is 55.2 Å². The number of carbonyl (C=O) groups excluding carboxylic acids is 4. The molecule has 31 heteroatoms. The molecule has 16 atom stereocenters. The molecule has 0 aromatic carbocycles. The van der Waals surface area contributed by atoms with Gasteiger partial charge in [-0.15, -0.1) is 0 Å². The second-order valence-electron chi connectivity index (χ2n) is 21.7. The molecule has 0 bridgehead atoms. The molecule has 5 aliphatic rings. The summed E-state index contributed by atoms with van der Waals surface area (Å²) < 4.78 is 62.7. The summed E-state index contributed by atoms with van der Waals surface area (Å²) in [4.78, 5) is 102. The Balaban J connectivity index is 0.786. The van der Waals surface area contributed by atoms with Crippen molar-refractivity contribution in [2.24, 2.45) is 45.8 Å². The maximum atomic E-state index is 13.0. The van der Waals surface area contributed by atoms with Gasteiger partial charge < -0.3 is 61.1 Å². The second-order valence-corrected chi connectivity index (χ2v) is 27.1. The highest BCUT2D eigenvalue weighted by molar-refractivity contribution is 8.13. The van der Waals surface area contributed by atoms with Crippen LogP contribution < -0.4 is 16.4 Å². The van der Waals surface area contributed by atoms with Crippen LogP contribution >= 0.6 is 35.2 Å². The van der Waals surface area contributed by atoms with Crippen LogP contribution in [-0.4, -0.2) is 151 Å². The number of carbonyl (C=O) groups is 4. The van der Waals surface area contributed by atoms with E-state index >= 15 is 0 Å². The number of aliphatic hydroxyl groups is 4. The molecule has 2 unspecified atom stereocenters. The van der Waals surface area contributed by atoms with Crippen molar-refractivity contribution in [1.82, 2.24) is 30.2 Å². The fourth-order valence-corrected chi connectivity index (χ4v) is 15.9. The van der Waals surface area contributed by atoms with Gasteiger partial charge in [0.25, 0.3) is 0 Å². The zero-order valence-corrected chi connectivity index (χ0v) is 46.2. The van der Waals surface area contributed by atoms with Crippen LogP contribution in [0.5, 0.6) is 0 Å². The van der Waals surface area contributed by atoms with Crippen LogP contribution in [0, 0.1) is 45.8 Å². The van der Waals surface area contributed by atoms with Crippen LogP contribution in [0.15, 0.2) is 24.3 Å². The van der Waals surface area contributed by atoms with E-state index in [1.54, 1.807) is 6.08 Å². The highest BCUT2D eigenvalue weighted by Gasteiger charge is 2.65. The third-order valence-electron chi connectivity index (χ3n) is 16.4. The van der Waals surface area contributed by atoms with Gasteiger partial charge in [0.15, 0.2) is 28.6 Å². The van der Waals surface area contributed by atoms with Gasteiger partial charge in [0, 0.05) is 43.5 Å². The summed E-state index contributed by atoms with van der Waals surface area (Å²) in [6.07, 6.45) is -1.46. The van der Waals surface area contributed by atoms with Crippen LogP contribution in [0.1, 0.15) is 98.6 Å². The molecule has 3 saturated carbocycles. The molecular formula is C45H70N7O20P3S. The van der Waals surface area contributed by atoms with E-state index in [-0.39, 0.29) is 82.4 Å². The number of amides is 2. The maximum absolute atomic E-state index is 13.0. The molecule has 76 heavy (non-hydrogen) atoms. The molecule has 1 aliphatic heterocycles. The first-order valence-electron chi connectivity index (χ1n) is 25.0. The van der Waals surface area contributed by atoms with E-state index in [0.29, 0.717) is 37.9 Å². The first-order chi connectivity index (χ1) is 35.4. The minimum absolute atomic E-state index is 0.0228. The number of hydrogen-bond acceptors (Lipinski definition) is 21. The van der Waals surface area contributed by atoms with Gasteiger partial charge in [-0.05, 0) is 85.0 Å². The first kappa shape index (κ1) is 60.5. The topological polar surface area (TPSA) is 421 Å². The Bertz CT molecular complexity index is 2680. The highest BCUT2D eigenvalue weighted by Crippen LogP contribution is 2.68. The number of rotatable bonds is 23. The lowest BCUT2D eigenvalue weighted by atomic mass is 9.45. The number of anilines is 1. The Labute approximate surface area is 442 Å². The molecule has 0 spiro atoms. The lowest BCUT2D eigenvalue weighted by Gasteiger charge is -2.61. The maximum Gasteiger partial charge on any atom is 0.481 e. The summed E-state index contributed by atoms with van der Waals surface area (Å²) >= 11 is 1.09. The Morgan fingerprint density at radius 2 is 1.71 bits per heavy atom. The molecule has 4 fully saturated rings. The number of aromatic nitrogens is 4. The molecule has 4 aliphatic carbocycles. The Morgan fingerprint density at radius 1 is 1.00 bits per heavy atom. The number of nitrogen functional groups attached to an aromatic ring is 1. The third kappa shape index (κ3) is 13.4. The summed E-state index contributed by atoms with van der Waals surface area (Å²) in [5, 5.41) is 50.1. The van der Waals surface area contributed by atoms with Crippen molar-refractivity contribution in [1.29, 1.82) is 0 Å². The normalized spacial score (nSPS) is 33.0. The standard InChI is InChI=1S/C45H70N7O20P3S/c1-23(26-7-8-27-34-28(18-31(55)45(26,27)5)44(4)12-10-25(53)16-24(44)17-29(34)54)6-9-33(57)76-15-14-47-32(56)11-13-48-41(60)38(59)43(2,3)20-69-75(66,67)72-74(64,65)68-19-30-37(71-73(61,62)63)36(58)42(70-30)52-22-51-35-39(46)49-21-50-40(35)52/h16,21-23,26-31,34,36-38,42,54-55,58-59H,6-15,17-20H2,1-5H3,(H,47,56)(H,48,60)(H,64,65)(H,66,67)(H2,46,49,50)(H2,61,62,63)/t23-,26-,27+,28+,29-,30-,31+,34+,36-,37-,38+,42-,44+,45-/m1/s1. The summed E-state index contributed by atoms with van der Waals surface area (Å²) in [5.41, 5.74) is 4.63. The molecule has 3 heterocycles. The van der Waals surface area contributed by atoms with Gasteiger partial charge in [-0.25, -0.2) is 28.6 Å². The van der Waals surface area contributed by atoms with Crippen LogP contribution in [-0.2, 0) is 55.5 Å². The van der Waals surface area contributed by atoms with E-state index in [4.69, 9.17) is 19.5 Å². The van der Waals surface area contributed by atoms with Crippen molar-refractivity contribution in [2.75, 3.05) is 37.8 Å². The van der Waals surface area contributed by atoms with Gasteiger partial charge in [0.05, 0.1) is 31.7 Å². The molecule has 27 nitrogen and oxygen atoms in total. The van der Waals surface area contributed by atoms with Crippen molar-refractivity contribution < 1.29 is 95.5 Å². The van der Waals surface area contributed by atoms with E-state index in [1.165, 1.54) is 13.8 Å². The number of aliphatic hydroxyl groups excluding tert-OH is 4. The summed E-state index contributed by atoms with van der Waals surface area (Å²) in [6, 6.07) is 0. The number of phosphoric acid groups is 3. The predicted octanol–water partition coefficient (Wildman–Crippen LogP) is 2.17. The van der Waals surface area contributed by atoms with Crippen molar-refractivity contribution in [3.8, 4) is 0 Å². The smallest absolute Gasteiger partial charge is 0.393 e. The van der Waals surface area contributed by atoms with E-state index < -0.39 is 102 Å². The van der Waals surface area contributed by atoms with Crippen LogP contribution in [0.3, 0.4) is 0 Å². The van der Waals surface area contributed by atoms with Crippen molar-refractivity contribution in [3.63, 3.8) is 0 Å². The van der Waals surface area contributed by atoms with E-state index in [0.717, 1.165) is 53.8 Å². The van der Waals surface area contributed by atoms with Gasteiger partial charge in [-0.2, -0.15) is 4.31 Å². The van der Waals surface area contributed by atoms with Gasteiger partial charge in [0.2, 0.25) is 11.8 Å². The number of nitrogens with zero attached hydrogens (tertiary/aromatic N) is 4. The number of imidazole rings is 1. The van der Waals surface area contributed by atoms with Crippen molar-refractivity contribution in [3.05, 3.63) is 24.3 Å². The second kappa shape index (κ2) is 23.5. The number of nitrogens with two attached hydrogens (primary N) is 1. The van der Waals surface area contributed by atoms with Gasteiger partial charge in [-0.3, -0.25) is 37.3 Å². The van der Waals surface area contributed by atoms with E-state index in [9.17, 15) is 72.9 Å². The number of phosphoric ester groups is 3. The number of ketones is 1. The van der Waals surface area contributed by atoms with Gasteiger partial charge in [-0.1, -0.05) is 52.0 Å². The Hall–Kier alpha value is -3.11. The van der Waals surface area contributed by atoms with Crippen molar-refractivity contribution in [2.45, 2.75) is 135 Å². The minimum atomic E-state index is -5.61. The van der Waals surface area contributed by atoms with Gasteiger partial charge >= 0.3 is 23.5 Å². The van der Waals surface area contributed by atoms with Crippen molar-refractivity contribution >= 4 is 74.9 Å². The lowest BCUT2D eigenvalue weighted by molar-refractivity contribution is -0.168. The van der Waals surface area contributed by atoms with Crippen LogP contribution in [0.25, 0.3) is 11.2 Å². The molecule has 2 aromatic heterocycles. The summed E-state index contributed by atoms with van der Waals surface area (Å²) in [7, 11) is -16.5. The SMILES string of the molecule is C[C@H](CCC(=O)SCCNC(=O)CCNC(=O)[C@H](O)C(C)(C)COP(=O)(O)OP(=O)(O)OC[C@H]1O[C@@H](n2cnc3c(N)ncnc32)[C@H](O)[C@@H]1OP(=O)(O)O)[C@H]1CC[C@H]2[C@@H]3[C@H](O)CC4=CC(=O)CC[C@]4(C)[C@H]3C[C@H](O)[C@]12C. The molecule has 1 saturated heterocycles. The number of fused-ring (bicyclic) bond motifs is 6. The average Bonchev–Trinajstić information content (AvgIpc) is 4.03. The number of thioether (sulfide) groups is 1. The monoisotopic (exact) mass is 1150 g/mol. The molecule has 2 amide bonds.